The molecule has 0 radical (unpaired) electrons. The molecule has 2 aromatic rings. The Balaban J connectivity index is 2.16. The predicted molar refractivity (Wildman–Crippen MR) is 80.6 cm³/mol. The summed E-state index contributed by atoms with van der Waals surface area (Å²) in [5, 5.41) is 8.97. The van der Waals surface area contributed by atoms with Crippen LogP contribution in [0, 0.1) is 0 Å². The fourth-order valence-electron chi connectivity index (χ4n) is 2.27. The zero-order chi connectivity index (χ0) is 13.5. The van der Waals surface area contributed by atoms with Gasteiger partial charge in [0.05, 0.1) is 11.4 Å². The third-order valence-corrected chi connectivity index (χ3v) is 4.49. The van der Waals surface area contributed by atoms with Crippen LogP contribution in [0.3, 0.4) is 0 Å². The van der Waals surface area contributed by atoms with Crippen molar-refractivity contribution in [2.75, 3.05) is 5.75 Å². The number of fused-ring (bicyclic) bond motifs is 3. The van der Waals surface area contributed by atoms with E-state index in [9.17, 15) is 0 Å². The molecule has 0 saturated heterocycles. The number of aryl methyl sites for hydroxylation is 1. The van der Waals surface area contributed by atoms with Crippen LogP contribution >= 0.6 is 11.8 Å². The minimum absolute atomic E-state index is 0.0565. The average molecular weight is 270 g/mol. The largest absolute Gasteiger partial charge is 0.154 e. The molecule has 1 aliphatic rings. The average Bonchev–Trinajstić information content (AvgIpc) is 2.56. The molecular weight excluding hydrogens is 252 g/mol. The smallest absolute Gasteiger partial charge is 0.0973 e. The summed E-state index contributed by atoms with van der Waals surface area (Å²) in [6.07, 6.45) is 1.06. The van der Waals surface area contributed by atoms with Gasteiger partial charge < -0.3 is 0 Å². The molecule has 2 heterocycles. The number of hydrogen-bond acceptors (Lipinski definition) is 3. The molecule has 1 aliphatic heterocycles. The molecule has 2 nitrogen and oxygen atoms in total. The van der Waals surface area contributed by atoms with E-state index >= 15 is 0 Å². The Bertz CT molecular complexity index is 614. The lowest BCUT2D eigenvalue weighted by molar-refractivity contribution is 0.557. The van der Waals surface area contributed by atoms with Gasteiger partial charge in [0.15, 0.2) is 0 Å². The molecule has 0 unspecified atom stereocenters. The first kappa shape index (κ1) is 12.7. The molecule has 98 valence electrons. The van der Waals surface area contributed by atoms with Gasteiger partial charge in [0.1, 0.15) is 0 Å². The van der Waals surface area contributed by atoms with Crippen molar-refractivity contribution >= 4 is 11.8 Å². The highest BCUT2D eigenvalue weighted by molar-refractivity contribution is 7.99. The van der Waals surface area contributed by atoms with Gasteiger partial charge in [-0.2, -0.15) is 5.10 Å². The lowest BCUT2D eigenvalue weighted by atomic mass is 9.90. The topological polar surface area (TPSA) is 25.8 Å². The second-order valence-electron chi connectivity index (χ2n) is 5.95. The van der Waals surface area contributed by atoms with E-state index in [1.807, 2.05) is 11.8 Å². The van der Waals surface area contributed by atoms with Crippen molar-refractivity contribution in [3.8, 4) is 11.3 Å². The van der Waals surface area contributed by atoms with Gasteiger partial charge in [-0.15, -0.1) is 16.9 Å². The molecule has 0 fully saturated rings. The first-order valence-corrected chi connectivity index (χ1v) is 7.63. The van der Waals surface area contributed by atoms with E-state index in [1.54, 1.807) is 0 Å². The summed E-state index contributed by atoms with van der Waals surface area (Å²) < 4.78 is 0. The van der Waals surface area contributed by atoms with Gasteiger partial charge in [-0.1, -0.05) is 39.0 Å². The Morgan fingerprint density at radius 3 is 2.68 bits per heavy atom. The molecule has 1 aromatic heterocycles. The normalized spacial score (nSPS) is 14.5. The van der Waals surface area contributed by atoms with Crippen LogP contribution in [0.5, 0.6) is 0 Å². The SMILES string of the molecule is CC(C)(C)c1cc2c(nn1)-c1ccccc1SCC2. The highest BCUT2D eigenvalue weighted by Gasteiger charge is 2.21. The van der Waals surface area contributed by atoms with Gasteiger partial charge in [0.2, 0.25) is 0 Å². The summed E-state index contributed by atoms with van der Waals surface area (Å²) in [5.41, 5.74) is 4.76. The van der Waals surface area contributed by atoms with Crippen LogP contribution in [0.1, 0.15) is 32.0 Å². The van der Waals surface area contributed by atoms with Crippen LogP contribution in [0.4, 0.5) is 0 Å². The van der Waals surface area contributed by atoms with Gasteiger partial charge in [-0.3, -0.25) is 0 Å². The lowest BCUT2D eigenvalue weighted by Crippen LogP contribution is -2.15. The van der Waals surface area contributed by atoms with E-state index in [0.29, 0.717) is 0 Å². The van der Waals surface area contributed by atoms with E-state index in [0.717, 1.165) is 23.6 Å². The fourth-order valence-corrected chi connectivity index (χ4v) is 3.31. The van der Waals surface area contributed by atoms with Crippen LogP contribution in [0.25, 0.3) is 11.3 Å². The molecule has 0 N–H and O–H groups in total. The zero-order valence-corrected chi connectivity index (χ0v) is 12.4. The Morgan fingerprint density at radius 2 is 1.89 bits per heavy atom. The summed E-state index contributed by atoms with van der Waals surface area (Å²) in [6.45, 7) is 6.55. The monoisotopic (exact) mass is 270 g/mol. The summed E-state index contributed by atoms with van der Waals surface area (Å²) in [4.78, 5) is 1.32. The van der Waals surface area contributed by atoms with Crippen LogP contribution in [-0.4, -0.2) is 16.0 Å². The Labute approximate surface area is 118 Å². The van der Waals surface area contributed by atoms with E-state index in [1.165, 1.54) is 16.0 Å². The second kappa shape index (κ2) is 4.64. The van der Waals surface area contributed by atoms with Crippen molar-refractivity contribution in [3.05, 3.63) is 41.6 Å². The first-order chi connectivity index (χ1) is 9.05. The molecule has 0 aliphatic carbocycles. The molecule has 0 saturated carbocycles. The number of rotatable bonds is 0. The minimum atomic E-state index is 0.0565. The summed E-state index contributed by atoms with van der Waals surface area (Å²) in [5.74, 6) is 1.11. The van der Waals surface area contributed by atoms with Gasteiger partial charge >= 0.3 is 0 Å². The summed E-state index contributed by atoms with van der Waals surface area (Å²) in [7, 11) is 0. The Morgan fingerprint density at radius 1 is 1.11 bits per heavy atom. The highest BCUT2D eigenvalue weighted by Crippen LogP contribution is 2.36. The van der Waals surface area contributed by atoms with Crippen molar-refractivity contribution < 1.29 is 0 Å². The number of benzene rings is 1. The maximum absolute atomic E-state index is 4.52. The quantitative estimate of drug-likeness (QED) is 0.721. The third-order valence-electron chi connectivity index (χ3n) is 3.41. The Hall–Kier alpha value is -1.35. The third kappa shape index (κ3) is 2.39. The van der Waals surface area contributed by atoms with Gasteiger partial charge in [-0.25, -0.2) is 0 Å². The van der Waals surface area contributed by atoms with Crippen LogP contribution < -0.4 is 0 Å². The van der Waals surface area contributed by atoms with Crippen molar-refractivity contribution in [1.29, 1.82) is 0 Å². The molecule has 19 heavy (non-hydrogen) atoms. The molecule has 0 spiro atoms. The van der Waals surface area contributed by atoms with E-state index in [-0.39, 0.29) is 5.41 Å². The molecular formula is C16H18N2S. The maximum Gasteiger partial charge on any atom is 0.0973 e. The predicted octanol–water partition coefficient (Wildman–Crippen LogP) is 4.09. The minimum Gasteiger partial charge on any atom is -0.154 e. The summed E-state index contributed by atoms with van der Waals surface area (Å²) >= 11 is 1.91. The standard InChI is InChI=1S/C16H18N2S/c1-16(2,3)14-10-11-8-9-19-13-7-5-4-6-12(13)15(11)18-17-14/h4-7,10H,8-9H2,1-3H3. The van der Waals surface area contributed by atoms with E-state index in [4.69, 9.17) is 0 Å². The van der Waals surface area contributed by atoms with Gasteiger partial charge in [0.25, 0.3) is 0 Å². The molecule has 3 heteroatoms. The van der Waals surface area contributed by atoms with Crippen molar-refractivity contribution in [3.63, 3.8) is 0 Å². The molecule has 3 rings (SSSR count). The number of aromatic nitrogens is 2. The van der Waals surface area contributed by atoms with Crippen molar-refractivity contribution in [2.24, 2.45) is 0 Å². The van der Waals surface area contributed by atoms with E-state index < -0.39 is 0 Å². The van der Waals surface area contributed by atoms with E-state index in [2.05, 4.69) is 61.3 Å². The molecule has 0 amide bonds. The van der Waals surface area contributed by atoms with Crippen LogP contribution in [0.2, 0.25) is 0 Å². The van der Waals surface area contributed by atoms with Crippen molar-refractivity contribution in [2.45, 2.75) is 37.5 Å². The van der Waals surface area contributed by atoms with Gasteiger partial charge in [-0.05, 0) is 24.1 Å². The maximum atomic E-state index is 4.52. The number of thioether (sulfide) groups is 1. The number of nitrogens with zero attached hydrogens (tertiary/aromatic N) is 2. The van der Waals surface area contributed by atoms with Crippen LogP contribution in [-0.2, 0) is 11.8 Å². The lowest BCUT2D eigenvalue weighted by Gasteiger charge is -2.18. The Kier molecular flexibility index (Phi) is 3.09. The fraction of sp³-hybridized carbons (Fsp3) is 0.375. The first-order valence-electron chi connectivity index (χ1n) is 6.65. The zero-order valence-electron chi connectivity index (χ0n) is 11.6. The molecule has 0 bridgehead atoms. The molecule has 1 aromatic carbocycles. The highest BCUT2D eigenvalue weighted by atomic mass is 32.2. The van der Waals surface area contributed by atoms with Crippen LogP contribution in [0.15, 0.2) is 35.2 Å². The molecule has 0 atom stereocenters. The number of hydrogen-bond donors (Lipinski definition) is 0. The van der Waals surface area contributed by atoms with Crippen molar-refractivity contribution in [1.82, 2.24) is 10.2 Å². The summed E-state index contributed by atoms with van der Waals surface area (Å²) in [6, 6.07) is 10.7. The second-order valence-corrected chi connectivity index (χ2v) is 7.08. The van der Waals surface area contributed by atoms with Gasteiger partial charge in [0, 0.05) is 21.6 Å².